The molecule has 0 aromatic heterocycles. The molecule has 6 nitrogen and oxygen atoms in total. The van der Waals surface area contributed by atoms with E-state index in [4.69, 9.17) is 18.1 Å². The first-order chi connectivity index (χ1) is 7.05. The van der Waals surface area contributed by atoms with Crippen LogP contribution in [0.3, 0.4) is 0 Å². The molecule has 1 aliphatic rings. The average Bonchev–Trinajstić information content (AvgIpc) is 2.51. The van der Waals surface area contributed by atoms with Crippen molar-refractivity contribution in [3.63, 3.8) is 0 Å². The Hall–Kier alpha value is -0.870. The molecule has 0 saturated carbocycles. The fraction of sp³-hybridized carbons (Fsp3) is 0.833. The molecule has 1 atom stereocenters. The van der Waals surface area contributed by atoms with Gasteiger partial charge in [-0.15, -0.1) is 0 Å². The Kier molecular flexibility index (Phi) is 5.16. The van der Waals surface area contributed by atoms with E-state index in [0.29, 0.717) is 0 Å². The van der Waals surface area contributed by atoms with Crippen LogP contribution in [0.25, 0.3) is 0 Å². The smallest absolute Gasteiger partial charge is 0.480 e. The van der Waals surface area contributed by atoms with Gasteiger partial charge in [-0.05, 0) is 19.4 Å². The summed E-state index contributed by atoms with van der Waals surface area (Å²) < 4.78 is 57.5. The van der Waals surface area contributed by atoms with Gasteiger partial charge in [0.2, 0.25) is 0 Å². The van der Waals surface area contributed by atoms with E-state index in [0.717, 1.165) is 19.4 Å². The van der Waals surface area contributed by atoms with Crippen LogP contribution in [-0.4, -0.2) is 42.1 Å². The molecule has 1 aliphatic heterocycles. The van der Waals surface area contributed by atoms with Gasteiger partial charge in [0.1, 0.15) is 6.04 Å². The number of carbonyl (C=O) groups is 1. The topological polar surface area (TPSA) is 104 Å². The van der Waals surface area contributed by atoms with Gasteiger partial charge in [-0.1, -0.05) is 0 Å². The van der Waals surface area contributed by atoms with Crippen LogP contribution < -0.4 is 5.32 Å². The number of nitrogens with one attached hydrogen (secondary N) is 1. The molecule has 0 aromatic rings. The molecule has 10 heteroatoms. The summed E-state index contributed by atoms with van der Waals surface area (Å²) in [5.74, 6) is -0.720. The van der Waals surface area contributed by atoms with Crippen LogP contribution in [-0.2, 0) is 14.9 Å². The van der Waals surface area contributed by atoms with Crippen LogP contribution in [0.2, 0.25) is 0 Å². The van der Waals surface area contributed by atoms with E-state index in [2.05, 4.69) is 5.32 Å². The summed E-state index contributed by atoms with van der Waals surface area (Å²) in [7, 11) is -5.84. The summed E-state index contributed by atoms with van der Waals surface area (Å²) in [6, 6.07) is -0.269. The van der Waals surface area contributed by atoms with E-state index < -0.39 is 21.6 Å². The van der Waals surface area contributed by atoms with E-state index in [9.17, 15) is 18.0 Å². The van der Waals surface area contributed by atoms with Gasteiger partial charge in [-0.2, -0.15) is 21.6 Å². The van der Waals surface area contributed by atoms with Crippen LogP contribution in [0.5, 0.6) is 0 Å². The minimum Gasteiger partial charge on any atom is -0.480 e. The first-order valence-corrected chi connectivity index (χ1v) is 5.49. The minimum atomic E-state index is -5.84. The number of carboxylic acids is 1. The Morgan fingerprint density at radius 3 is 1.94 bits per heavy atom. The van der Waals surface area contributed by atoms with Crippen molar-refractivity contribution in [1.82, 2.24) is 5.32 Å². The Morgan fingerprint density at radius 2 is 1.81 bits per heavy atom. The van der Waals surface area contributed by atoms with Crippen molar-refractivity contribution in [1.29, 1.82) is 0 Å². The lowest BCUT2D eigenvalue weighted by Gasteiger charge is -1.99. The third-order valence-electron chi connectivity index (χ3n) is 1.65. The maximum atomic E-state index is 10.7. The Bertz CT molecular complexity index is 333. The normalized spacial score (nSPS) is 21.1. The third kappa shape index (κ3) is 5.28. The van der Waals surface area contributed by atoms with Gasteiger partial charge in [-0.3, -0.25) is 9.35 Å². The first-order valence-electron chi connectivity index (χ1n) is 4.05. The lowest BCUT2D eigenvalue weighted by Crippen LogP contribution is -2.29. The molecule has 0 bridgehead atoms. The largest absolute Gasteiger partial charge is 0.522 e. The molecule has 0 aromatic carbocycles. The monoisotopic (exact) mass is 265 g/mol. The molecular weight excluding hydrogens is 255 g/mol. The summed E-state index contributed by atoms with van der Waals surface area (Å²) in [4.78, 5) is 10.1. The highest BCUT2D eigenvalue weighted by Crippen LogP contribution is 2.20. The maximum absolute atomic E-state index is 10.7. The second-order valence-corrected chi connectivity index (χ2v) is 4.32. The SMILES string of the molecule is O=C(O)[C@@H]1CCCN1.O=S(=O)(O)C(F)(F)F. The van der Waals surface area contributed by atoms with Crippen molar-refractivity contribution in [2.45, 2.75) is 24.4 Å². The van der Waals surface area contributed by atoms with E-state index >= 15 is 0 Å². The van der Waals surface area contributed by atoms with E-state index in [1.807, 2.05) is 0 Å². The molecule has 0 radical (unpaired) electrons. The molecule has 0 spiro atoms. The van der Waals surface area contributed by atoms with Gasteiger partial charge in [-0.25, -0.2) is 0 Å². The van der Waals surface area contributed by atoms with E-state index in [-0.39, 0.29) is 6.04 Å². The molecule has 16 heavy (non-hydrogen) atoms. The van der Waals surface area contributed by atoms with Crippen LogP contribution in [0, 0.1) is 0 Å². The van der Waals surface area contributed by atoms with Gasteiger partial charge in [0.15, 0.2) is 0 Å². The molecule has 0 aliphatic carbocycles. The minimum absolute atomic E-state index is 0.269. The second-order valence-electron chi connectivity index (χ2n) is 2.91. The highest BCUT2D eigenvalue weighted by molar-refractivity contribution is 7.86. The molecule has 0 amide bonds. The van der Waals surface area contributed by atoms with Crippen molar-refractivity contribution in [2.75, 3.05) is 6.54 Å². The molecule has 1 fully saturated rings. The Morgan fingerprint density at radius 1 is 1.38 bits per heavy atom. The molecule has 1 saturated heterocycles. The summed E-state index contributed by atoms with van der Waals surface area (Å²) in [5, 5.41) is 11.2. The zero-order valence-electron chi connectivity index (χ0n) is 7.86. The lowest BCUT2D eigenvalue weighted by molar-refractivity contribution is -0.139. The van der Waals surface area contributed by atoms with Crippen molar-refractivity contribution < 1.29 is 36.0 Å². The molecule has 3 N–H and O–H groups in total. The van der Waals surface area contributed by atoms with Crippen LogP contribution in [0.4, 0.5) is 13.2 Å². The molecule has 1 rings (SSSR count). The fourth-order valence-electron chi connectivity index (χ4n) is 0.895. The number of hydrogen-bond acceptors (Lipinski definition) is 4. The first kappa shape index (κ1) is 15.1. The van der Waals surface area contributed by atoms with Gasteiger partial charge in [0.05, 0.1) is 0 Å². The average molecular weight is 265 g/mol. The predicted molar refractivity (Wildman–Crippen MR) is 46.3 cm³/mol. The summed E-state index contributed by atoms with van der Waals surface area (Å²) in [6.45, 7) is 0.858. The maximum Gasteiger partial charge on any atom is 0.522 e. The van der Waals surface area contributed by atoms with Crippen LogP contribution in [0.1, 0.15) is 12.8 Å². The zero-order valence-corrected chi connectivity index (χ0v) is 8.68. The summed E-state index contributed by atoms with van der Waals surface area (Å²) in [6.07, 6.45) is 1.78. The quantitative estimate of drug-likeness (QED) is 0.462. The summed E-state index contributed by atoms with van der Waals surface area (Å²) >= 11 is 0. The number of alkyl halides is 3. The second kappa shape index (κ2) is 5.46. The van der Waals surface area contributed by atoms with Gasteiger partial charge >= 0.3 is 21.6 Å². The highest BCUT2D eigenvalue weighted by Gasteiger charge is 2.44. The Labute approximate surface area is 89.2 Å². The van der Waals surface area contributed by atoms with Crippen LogP contribution >= 0.6 is 0 Å². The third-order valence-corrected chi connectivity index (χ3v) is 2.24. The fourth-order valence-corrected chi connectivity index (χ4v) is 0.895. The van der Waals surface area contributed by atoms with E-state index in [1.165, 1.54) is 0 Å². The predicted octanol–water partition coefficient (Wildman–Crippen LogP) is 0.217. The molecule has 96 valence electrons. The number of rotatable bonds is 1. The van der Waals surface area contributed by atoms with Crippen molar-refractivity contribution in [3.8, 4) is 0 Å². The van der Waals surface area contributed by atoms with Gasteiger partial charge < -0.3 is 10.4 Å². The number of halogens is 3. The molecular formula is C6H10F3NO5S. The number of hydrogen-bond donors (Lipinski definition) is 3. The standard InChI is InChI=1S/C5H9NO2.CHF3O3S/c7-5(8)4-2-1-3-6-4;2-1(3,4)8(5,6)7/h4,6H,1-3H2,(H,7,8);(H,5,6,7)/t4-;/m0./s1. The lowest BCUT2D eigenvalue weighted by atomic mass is 10.2. The number of carboxylic acid groups (broad SMARTS) is 1. The van der Waals surface area contributed by atoms with Crippen molar-refractivity contribution in [2.24, 2.45) is 0 Å². The van der Waals surface area contributed by atoms with Gasteiger partial charge in [0, 0.05) is 0 Å². The molecule has 0 unspecified atom stereocenters. The molecule has 1 heterocycles. The number of aliphatic carboxylic acids is 1. The van der Waals surface area contributed by atoms with Crippen LogP contribution in [0.15, 0.2) is 0 Å². The summed E-state index contributed by atoms with van der Waals surface area (Å²) in [5.41, 5.74) is -5.53. The van der Waals surface area contributed by atoms with Crippen molar-refractivity contribution in [3.05, 3.63) is 0 Å². The van der Waals surface area contributed by atoms with Gasteiger partial charge in [0.25, 0.3) is 0 Å². The zero-order chi connectivity index (χ0) is 13.0. The van der Waals surface area contributed by atoms with Crippen molar-refractivity contribution >= 4 is 16.1 Å². The Balaban J connectivity index is 0.000000281. The van der Waals surface area contributed by atoms with E-state index in [1.54, 1.807) is 0 Å². The highest BCUT2D eigenvalue weighted by atomic mass is 32.2.